The average Bonchev–Trinajstić information content (AvgIpc) is 3.07. The van der Waals surface area contributed by atoms with Crippen molar-refractivity contribution in [3.63, 3.8) is 0 Å². The Balaban J connectivity index is 1.18. The molecule has 232 valence electrons. The minimum atomic E-state index is -0.583. The van der Waals surface area contributed by atoms with E-state index < -0.39 is 5.82 Å². The van der Waals surface area contributed by atoms with Crippen molar-refractivity contribution >= 4 is 10.9 Å². The normalized spacial score (nSPS) is 13.6. The van der Waals surface area contributed by atoms with Crippen LogP contribution in [0.4, 0.5) is 4.39 Å². The number of hydrogen-bond acceptors (Lipinski definition) is 7. The van der Waals surface area contributed by atoms with Crippen molar-refractivity contribution < 1.29 is 23.3 Å². The molecular weight excluding hydrogens is 573 g/mol. The van der Waals surface area contributed by atoms with E-state index >= 15 is 4.39 Å². The number of ether oxygens (including phenoxy) is 4. The molecule has 0 spiro atoms. The number of aromatic nitrogens is 2. The third kappa shape index (κ3) is 7.00. The lowest BCUT2D eigenvalue weighted by atomic mass is 10.0. The van der Waals surface area contributed by atoms with Crippen LogP contribution in [0.25, 0.3) is 22.0 Å². The van der Waals surface area contributed by atoms with Gasteiger partial charge in [-0.2, -0.15) is 0 Å². The predicted octanol–water partition coefficient (Wildman–Crippen LogP) is 6.23. The van der Waals surface area contributed by atoms with Gasteiger partial charge in [-0.3, -0.25) is 14.7 Å². The van der Waals surface area contributed by atoms with Crippen LogP contribution in [-0.2, 0) is 18.2 Å². The van der Waals surface area contributed by atoms with Gasteiger partial charge in [0.1, 0.15) is 5.75 Å². The predicted molar refractivity (Wildman–Crippen MR) is 172 cm³/mol. The number of pyridine rings is 2. The minimum Gasteiger partial charge on any atom is -0.493 e. The van der Waals surface area contributed by atoms with Gasteiger partial charge in [0.15, 0.2) is 23.1 Å². The minimum absolute atomic E-state index is 0.0335. The van der Waals surface area contributed by atoms with Gasteiger partial charge in [-0.05, 0) is 53.9 Å². The van der Waals surface area contributed by atoms with Crippen molar-refractivity contribution in [2.75, 3.05) is 46.6 Å². The van der Waals surface area contributed by atoms with E-state index in [0.29, 0.717) is 52.3 Å². The largest absolute Gasteiger partial charge is 0.493 e. The van der Waals surface area contributed by atoms with Crippen LogP contribution in [0.3, 0.4) is 0 Å². The highest BCUT2D eigenvalue weighted by atomic mass is 19.1. The highest BCUT2D eigenvalue weighted by Gasteiger charge is 2.16. The standard InChI is InChI=1S/C36H36FN3O5/c1-39-27(21-25-7-4-3-5-8-25)10-11-28(36(39)41)26-9-12-33(30(37)22-26)45-32-13-14-38-31-24-35(34(42-2)23-29(31)32)44-18-6-15-40-16-19-43-20-17-40/h3-5,7-14,22-24H,6,15-21H2,1-2H3. The zero-order chi connectivity index (χ0) is 31.2. The summed E-state index contributed by atoms with van der Waals surface area (Å²) in [5, 5.41) is 0.654. The van der Waals surface area contributed by atoms with E-state index in [2.05, 4.69) is 9.88 Å². The molecule has 1 aliphatic heterocycles. The Morgan fingerprint density at radius 3 is 2.51 bits per heavy atom. The molecular formula is C36H36FN3O5. The van der Waals surface area contributed by atoms with Gasteiger partial charge in [-0.25, -0.2) is 4.39 Å². The summed E-state index contributed by atoms with van der Waals surface area (Å²) in [5.74, 6) is 0.994. The lowest BCUT2D eigenvalue weighted by molar-refractivity contribution is 0.0357. The van der Waals surface area contributed by atoms with Crippen LogP contribution in [0.15, 0.2) is 89.9 Å². The fourth-order valence-electron chi connectivity index (χ4n) is 5.53. The van der Waals surface area contributed by atoms with Crippen molar-refractivity contribution in [2.24, 2.45) is 7.05 Å². The topological polar surface area (TPSA) is 75.0 Å². The molecule has 0 atom stereocenters. The van der Waals surface area contributed by atoms with Gasteiger partial charge < -0.3 is 23.5 Å². The molecule has 1 aliphatic rings. The first kappa shape index (κ1) is 30.3. The molecule has 8 nitrogen and oxygen atoms in total. The van der Waals surface area contributed by atoms with Gasteiger partial charge in [0.25, 0.3) is 5.56 Å². The Bertz CT molecular complexity index is 1840. The number of fused-ring (bicyclic) bond motifs is 1. The second kappa shape index (κ2) is 13.9. The van der Waals surface area contributed by atoms with Crippen molar-refractivity contribution in [3.8, 4) is 34.1 Å². The molecule has 0 N–H and O–H groups in total. The Morgan fingerprint density at radius 1 is 0.911 bits per heavy atom. The summed E-state index contributed by atoms with van der Waals surface area (Å²) in [5.41, 5.74) is 3.31. The quantitative estimate of drug-likeness (QED) is 0.164. The smallest absolute Gasteiger partial charge is 0.258 e. The summed E-state index contributed by atoms with van der Waals surface area (Å²) in [4.78, 5) is 20.1. The molecule has 6 rings (SSSR count). The van der Waals surface area contributed by atoms with Crippen LogP contribution >= 0.6 is 0 Å². The molecule has 2 aromatic heterocycles. The summed E-state index contributed by atoms with van der Waals surface area (Å²) < 4.78 is 40.2. The highest BCUT2D eigenvalue weighted by molar-refractivity contribution is 5.88. The van der Waals surface area contributed by atoms with Crippen molar-refractivity contribution in [2.45, 2.75) is 12.8 Å². The number of benzene rings is 3. The number of methoxy groups -OCH3 is 1. The van der Waals surface area contributed by atoms with E-state index in [4.69, 9.17) is 18.9 Å². The highest BCUT2D eigenvalue weighted by Crippen LogP contribution is 2.38. The molecule has 5 aromatic rings. The average molecular weight is 610 g/mol. The van der Waals surface area contributed by atoms with E-state index in [-0.39, 0.29) is 11.3 Å². The van der Waals surface area contributed by atoms with E-state index in [1.165, 1.54) is 12.1 Å². The molecule has 45 heavy (non-hydrogen) atoms. The Morgan fingerprint density at radius 2 is 1.73 bits per heavy atom. The second-order valence-electron chi connectivity index (χ2n) is 11.0. The molecule has 0 unspecified atom stereocenters. The molecule has 0 saturated carbocycles. The third-order valence-corrected chi connectivity index (χ3v) is 8.07. The first-order chi connectivity index (χ1) is 22.0. The fourth-order valence-corrected chi connectivity index (χ4v) is 5.53. The van der Waals surface area contributed by atoms with Crippen LogP contribution < -0.4 is 19.8 Å². The number of nitrogens with zero attached hydrogens (tertiary/aromatic N) is 3. The first-order valence-electron chi connectivity index (χ1n) is 15.1. The summed E-state index contributed by atoms with van der Waals surface area (Å²) in [7, 11) is 3.32. The van der Waals surface area contributed by atoms with Crippen LogP contribution in [0, 0.1) is 5.82 Å². The maximum Gasteiger partial charge on any atom is 0.258 e. The van der Waals surface area contributed by atoms with Crippen LogP contribution in [0.5, 0.6) is 23.0 Å². The fraction of sp³-hybridized carbons (Fsp3) is 0.278. The lowest BCUT2D eigenvalue weighted by Crippen LogP contribution is -2.37. The summed E-state index contributed by atoms with van der Waals surface area (Å²) in [6.07, 6.45) is 3.11. The van der Waals surface area contributed by atoms with Gasteiger partial charge in [0.05, 0.1) is 32.4 Å². The molecule has 0 radical (unpaired) electrons. The zero-order valence-electron chi connectivity index (χ0n) is 25.5. The van der Waals surface area contributed by atoms with Crippen molar-refractivity contribution in [1.29, 1.82) is 0 Å². The Kier molecular flexibility index (Phi) is 9.38. The summed E-state index contributed by atoms with van der Waals surface area (Å²) >= 11 is 0. The molecule has 0 bridgehead atoms. The summed E-state index contributed by atoms with van der Waals surface area (Å²) in [6.45, 7) is 4.89. The maximum atomic E-state index is 15.4. The number of halogens is 1. The molecule has 1 saturated heterocycles. The van der Waals surface area contributed by atoms with Gasteiger partial charge in [-0.1, -0.05) is 36.4 Å². The molecule has 0 aliphatic carbocycles. The molecule has 3 heterocycles. The SMILES string of the molecule is COc1cc2c(Oc3ccc(-c4ccc(Cc5ccccc5)n(C)c4=O)cc3F)ccnc2cc1OCCCN1CCOCC1. The Hall–Kier alpha value is -4.73. The van der Waals surface area contributed by atoms with E-state index in [0.717, 1.165) is 50.5 Å². The molecule has 1 fully saturated rings. The number of rotatable bonds is 11. The molecule has 0 amide bonds. The van der Waals surface area contributed by atoms with Crippen LogP contribution in [0.2, 0.25) is 0 Å². The molecule has 9 heteroatoms. The summed E-state index contributed by atoms with van der Waals surface area (Å²) in [6, 6.07) is 23.5. The first-order valence-corrected chi connectivity index (χ1v) is 15.1. The van der Waals surface area contributed by atoms with Gasteiger partial charge in [-0.15, -0.1) is 0 Å². The number of morpholine rings is 1. The van der Waals surface area contributed by atoms with Crippen LogP contribution in [-0.4, -0.2) is 61.0 Å². The van der Waals surface area contributed by atoms with Gasteiger partial charge in [0, 0.05) is 62.0 Å². The van der Waals surface area contributed by atoms with Crippen molar-refractivity contribution in [3.05, 3.63) is 112 Å². The Labute approximate surface area is 261 Å². The van der Waals surface area contributed by atoms with Crippen molar-refractivity contribution in [1.82, 2.24) is 14.5 Å². The lowest BCUT2D eigenvalue weighted by Gasteiger charge is -2.26. The van der Waals surface area contributed by atoms with Gasteiger partial charge >= 0.3 is 0 Å². The van der Waals surface area contributed by atoms with Gasteiger partial charge in [0.2, 0.25) is 0 Å². The second-order valence-corrected chi connectivity index (χ2v) is 11.0. The third-order valence-electron chi connectivity index (χ3n) is 8.07. The number of hydrogen-bond donors (Lipinski definition) is 0. The van der Waals surface area contributed by atoms with E-state index in [1.807, 2.05) is 42.5 Å². The maximum absolute atomic E-state index is 15.4. The van der Waals surface area contributed by atoms with Crippen LogP contribution in [0.1, 0.15) is 17.7 Å². The van der Waals surface area contributed by atoms with E-state index in [1.54, 1.807) is 49.2 Å². The zero-order valence-corrected chi connectivity index (χ0v) is 25.5. The van der Waals surface area contributed by atoms with E-state index in [9.17, 15) is 4.79 Å². The monoisotopic (exact) mass is 609 g/mol. The molecule has 3 aromatic carbocycles.